The summed E-state index contributed by atoms with van der Waals surface area (Å²) in [6.45, 7) is 0.952. The zero-order valence-corrected chi connectivity index (χ0v) is 23.9. The van der Waals surface area contributed by atoms with Gasteiger partial charge in [0, 0.05) is 25.2 Å². The lowest BCUT2D eigenvalue weighted by Crippen LogP contribution is -2.57. The number of hydrogen-bond donors (Lipinski definition) is 1. The zero-order chi connectivity index (χ0) is 30.5. The number of piperazine rings is 1. The molecule has 1 aliphatic heterocycles. The fourth-order valence-electron chi connectivity index (χ4n) is 5.57. The third kappa shape index (κ3) is 6.17. The van der Waals surface area contributed by atoms with Crippen molar-refractivity contribution >= 4 is 12.0 Å². The Balaban J connectivity index is 1.39. The second kappa shape index (κ2) is 12.8. The van der Waals surface area contributed by atoms with Gasteiger partial charge >= 0.3 is 6.09 Å². The smallest absolute Gasteiger partial charge is 0.407 e. The van der Waals surface area contributed by atoms with Gasteiger partial charge in [-0.05, 0) is 53.9 Å². The van der Waals surface area contributed by atoms with E-state index in [1.807, 2.05) is 84.9 Å². The van der Waals surface area contributed by atoms with Crippen molar-refractivity contribution < 1.29 is 23.8 Å². The van der Waals surface area contributed by atoms with E-state index in [0.29, 0.717) is 41.3 Å². The molecule has 2 heterocycles. The van der Waals surface area contributed by atoms with Crippen molar-refractivity contribution in [1.82, 2.24) is 19.6 Å². The lowest BCUT2D eigenvalue weighted by molar-refractivity contribution is 0.0451. The van der Waals surface area contributed by atoms with Crippen molar-refractivity contribution in [1.29, 1.82) is 0 Å². The van der Waals surface area contributed by atoms with Crippen LogP contribution in [0.4, 0.5) is 9.18 Å². The molecule has 1 fully saturated rings. The predicted octanol–water partition coefficient (Wildman–Crippen LogP) is 6.30. The molecule has 6 rings (SSSR count). The Morgan fingerprint density at radius 2 is 1.50 bits per heavy atom. The Kier molecular flexibility index (Phi) is 8.36. The van der Waals surface area contributed by atoms with Gasteiger partial charge in [-0.1, -0.05) is 72.8 Å². The summed E-state index contributed by atoms with van der Waals surface area (Å²) in [6, 6.07) is 32.5. The van der Waals surface area contributed by atoms with Gasteiger partial charge in [0.05, 0.1) is 23.5 Å². The Hall–Kier alpha value is -5.44. The first-order valence-electron chi connectivity index (χ1n) is 14.4. The first-order valence-corrected chi connectivity index (χ1v) is 14.4. The summed E-state index contributed by atoms with van der Waals surface area (Å²) in [6.07, 6.45) is 1.01. The lowest BCUT2D eigenvalue weighted by atomic mass is 10.00. The number of ether oxygens (including phenoxy) is 1. The summed E-state index contributed by atoms with van der Waals surface area (Å²) >= 11 is 0. The average Bonchev–Trinajstić information content (AvgIpc) is 3.50. The molecule has 1 saturated heterocycles. The van der Waals surface area contributed by atoms with Crippen LogP contribution in [0.3, 0.4) is 0 Å². The predicted molar refractivity (Wildman–Crippen MR) is 164 cm³/mol. The maximum Gasteiger partial charge on any atom is 0.407 e. The van der Waals surface area contributed by atoms with Gasteiger partial charge in [0.25, 0.3) is 5.91 Å². The maximum atomic E-state index is 14.4. The van der Waals surface area contributed by atoms with Crippen LogP contribution in [-0.2, 0) is 13.0 Å². The number of carbonyl (C=O) groups excluding carboxylic acids is 1. The molecule has 1 aromatic heterocycles. The van der Waals surface area contributed by atoms with Crippen LogP contribution in [-0.4, -0.2) is 62.4 Å². The minimum Gasteiger partial charge on any atom is -0.487 e. The number of nitrogens with zero attached hydrogens (tertiary/aromatic N) is 4. The van der Waals surface area contributed by atoms with Crippen molar-refractivity contribution in [3.8, 4) is 22.7 Å². The normalized spacial score (nSPS) is 14.8. The first kappa shape index (κ1) is 28.7. The zero-order valence-electron chi connectivity index (χ0n) is 23.9. The second-order valence-corrected chi connectivity index (χ2v) is 10.6. The molecule has 4 aromatic carbocycles. The quantitative estimate of drug-likeness (QED) is 0.229. The molecule has 8 nitrogen and oxygen atoms in total. The van der Waals surface area contributed by atoms with E-state index in [9.17, 15) is 19.1 Å². The number of rotatable bonds is 8. The van der Waals surface area contributed by atoms with Crippen molar-refractivity contribution in [2.45, 2.75) is 19.1 Å². The fraction of sp³-hybridized carbons (Fsp3) is 0.171. The molecule has 1 N–H and O–H groups in total. The van der Waals surface area contributed by atoms with Crippen molar-refractivity contribution in [3.63, 3.8) is 0 Å². The van der Waals surface area contributed by atoms with E-state index in [-0.39, 0.29) is 31.6 Å². The number of hydrogen-bond acceptors (Lipinski definition) is 4. The van der Waals surface area contributed by atoms with Crippen LogP contribution in [0.5, 0.6) is 5.75 Å². The lowest BCUT2D eigenvalue weighted by Gasteiger charge is -2.40. The van der Waals surface area contributed by atoms with Crippen LogP contribution < -0.4 is 4.74 Å². The third-order valence-corrected chi connectivity index (χ3v) is 7.78. The average molecular weight is 591 g/mol. The minimum absolute atomic E-state index is 0.187. The third-order valence-electron chi connectivity index (χ3n) is 7.78. The topological polar surface area (TPSA) is 87.9 Å². The van der Waals surface area contributed by atoms with Crippen LogP contribution in [0.25, 0.3) is 16.9 Å². The second-order valence-electron chi connectivity index (χ2n) is 10.6. The Morgan fingerprint density at radius 3 is 2.20 bits per heavy atom. The van der Waals surface area contributed by atoms with Gasteiger partial charge in [0.2, 0.25) is 0 Å². The molecule has 2 amide bonds. The molecule has 1 atom stereocenters. The summed E-state index contributed by atoms with van der Waals surface area (Å²) in [7, 11) is 0. The molecule has 5 aromatic rings. The number of amides is 2. The summed E-state index contributed by atoms with van der Waals surface area (Å²) < 4.78 is 21.9. The number of benzene rings is 4. The molecular formula is C35H31FN4O4. The monoisotopic (exact) mass is 590 g/mol. The van der Waals surface area contributed by atoms with E-state index >= 15 is 0 Å². The molecule has 1 aliphatic rings. The fourth-order valence-corrected chi connectivity index (χ4v) is 5.57. The van der Waals surface area contributed by atoms with Crippen LogP contribution in [0, 0.1) is 5.82 Å². The highest BCUT2D eigenvalue weighted by molar-refractivity contribution is 6.00. The van der Waals surface area contributed by atoms with Gasteiger partial charge in [-0.15, -0.1) is 0 Å². The largest absolute Gasteiger partial charge is 0.487 e. The number of aromatic nitrogens is 2. The van der Waals surface area contributed by atoms with E-state index in [4.69, 9.17) is 4.74 Å². The summed E-state index contributed by atoms with van der Waals surface area (Å²) in [4.78, 5) is 29.3. The van der Waals surface area contributed by atoms with Gasteiger partial charge < -0.3 is 19.6 Å². The summed E-state index contributed by atoms with van der Waals surface area (Å²) in [5.74, 6) is -0.102. The maximum absolute atomic E-state index is 14.4. The Labute approximate surface area is 254 Å². The Bertz CT molecular complexity index is 1740. The molecule has 44 heavy (non-hydrogen) atoms. The molecule has 1 unspecified atom stereocenters. The highest BCUT2D eigenvalue weighted by Crippen LogP contribution is 2.33. The molecule has 0 saturated carbocycles. The van der Waals surface area contributed by atoms with Gasteiger partial charge in [-0.3, -0.25) is 4.79 Å². The van der Waals surface area contributed by atoms with E-state index in [1.54, 1.807) is 21.7 Å². The van der Waals surface area contributed by atoms with Crippen LogP contribution in [0.15, 0.2) is 115 Å². The van der Waals surface area contributed by atoms with Gasteiger partial charge in [-0.25, -0.2) is 13.9 Å². The number of halogens is 1. The van der Waals surface area contributed by atoms with Crippen LogP contribution >= 0.6 is 0 Å². The van der Waals surface area contributed by atoms with E-state index in [1.165, 1.54) is 23.2 Å². The van der Waals surface area contributed by atoms with E-state index < -0.39 is 11.9 Å². The Morgan fingerprint density at radius 1 is 0.841 bits per heavy atom. The first-order chi connectivity index (χ1) is 21.5. The van der Waals surface area contributed by atoms with Crippen molar-refractivity contribution in [2.24, 2.45) is 0 Å². The molecule has 0 bridgehead atoms. The van der Waals surface area contributed by atoms with Crippen molar-refractivity contribution in [3.05, 3.63) is 138 Å². The van der Waals surface area contributed by atoms with Crippen LogP contribution in [0.2, 0.25) is 0 Å². The molecule has 0 aliphatic carbocycles. The molecule has 9 heteroatoms. The standard InChI is InChI=1S/C35H31FN4O4/c36-28-17-15-27(16-18-28)33-30(22-37-40(33)31-13-7-8-14-32(31)44-24-26-11-5-2-6-12-26)34(41)39-20-19-38(35(42)43)23-29(39)21-25-9-3-1-4-10-25/h1-18,22,29H,19-21,23-24H2,(H,42,43). The molecule has 0 radical (unpaired) electrons. The van der Waals surface area contributed by atoms with Gasteiger partial charge in [0.15, 0.2) is 0 Å². The van der Waals surface area contributed by atoms with Gasteiger partial charge in [-0.2, -0.15) is 5.10 Å². The summed E-state index contributed by atoms with van der Waals surface area (Å²) in [5, 5.41) is 14.4. The number of para-hydroxylation sites is 2. The SMILES string of the molecule is O=C(O)N1CCN(C(=O)c2cnn(-c3ccccc3OCc3ccccc3)c2-c2ccc(F)cc2)C(Cc2ccccc2)C1. The molecular weight excluding hydrogens is 559 g/mol. The minimum atomic E-state index is -1.01. The van der Waals surface area contributed by atoms with E-state index in [2.05, 4.69) is 5.10 Å². The van der Waals surface area contributed by atoms with Crippen LogP contribution in [0.1, 0.15) is 21.5 Å². The number of carboxylic acid groups (broad SMARTS) is 1. The number of carbonyl (C=O) groups is 2. The summed E-state index contributed by atoms with van der Waals surface area (Å²) in [5.41, 5.74) is 4.05. The van der Waals surface area contributed by atoms with Crippen molar-refractivity contribution in [2.75, 3.05) is 19.6 Å². The van der Waals surface area contributed by atoms with Gasteiger partial charge in [0.1, 0.15) is 23.9 Å². The highest BCUT2D eigenvalue weighted by atomic mass is 19.1. The van der Waals surface area contributed by atoms with E-state index in [0.717, 1.165) is 11.1 Å². The highest BCUT2D eigenvalue weighted by Gasteiger charge is 2.35. The molecule has 222 valence electrons. The molecule has 0 spiro atoms.